The second kappa shape index (κ2) is 7.07. The number of carbonyl (C=O) groups is 1. The summed E-state index contributed by atoms with van der Waals surface area (Å²) in [4.78, 5) is 23.8. The van der Waals surface area contributed by atoms with Gasteiger partial charge in [0, 0.05) is 49.7 Å². The number of carbonyl (C=O) groups excluding carboxylic acids is 1. The van der Waals surface area contributed by atoms with Gasteiger partial charge in [-0.1, -0.05) is 0 Å². The van der Waals surface area contributed by atoms with Crippen LogP contribution in [0.2, 0.25) is 0 Å². The fraction of sp³-hybridized carbons (Fsp3) is 0.389. The number of piperidine rings is 1. The van der Waals surface area contributed by atoms with Gasteiger partial charge in [0.15, 0.2) is 0 Å². The monoisotopic (exact) mass is 351 g/mol. The molecule has 3 aromatic heterocycles. The van der Waals surface area contributed by atoms with Gasteiger partial charge in [0.25, 0.3) is 5.91 Å². The Morgan fingerprint density at radius 3 is 2.88 bits per heavy atom. The number of rotatable bonds is 4. The predicted molar refractivity (Wildman–Crippen MR) is 94.9 cm³/mol. The van der Waals surface area contributed by atoms with Crippen LogP contribution in [-0.2, 0) is 6.54 Å². The van der Waals surface area contributed by atoms with Gasteiger partial charge in [-0.2, -0.15) is 0 Å². The molecule has 1 saturated heterocycles. The maximum Gasteiger partial charge on any atom is 0.254 e. The van der Waals surface area contributed by atoms with Crippen molar-refractivity contribution in [2.45, 2.75) is 32.2 Å². The number of nitrogens with zero attached hydrogens (tertiary/aromatic N) is 7. The maximum absolute atomic E-state index is 13.0. The first-order chi connectivity index (χ1) is 12.8. The van der Waals surface area contributed by atoms with E-state index in [9.17, 15) is 4.79 Å². The highest BCUT2D eigenvalue weighted by atomic mass is 16.2. The Balaban J connectivity index is 1.54. The van der Waals surface area contributed by atoms with Gasteiger partial charge in [-0.05, 0) is 31.9 Å². The highest BCUT2D eigenvalue weighted by molar-refractivity contribution is 5.94. The van der Waals surface area contributed by atoms with E-state index in [-0.39, 0.29) is 11.8 Å². The number of amides is 1. The van der Waals surface area contributed by atoms with Crippen LogP contribution in [0.25, 0.3) is 5.82 Å². The molecule has 4 rings (SSSR count). The van der Waals surface area contributed by atoms with E-state index in [1.165, 1.54) is 0 Å². The van der Waals surface area contributed by atoms with Gasteiger partial charge in [-0.15, -0.1) is 10.2 Å². The van der Waals surface area contributed by atoms with Crippen molar-refractivity contribution < 1.29 is 4.79 Å². The molecule has 0 bridgehead atoms. The molecule has 0 N–H and O–H groups in total. The summed E-state index contributed by atoms with van der Waals surface area (Å²) in [7, 11) is 0. The van der Waals surface area contributed by atoms with Crippen LogP contribution >= 0.6 is 0 Å². The molecule has 0 spiro atoms. The normalized spacial score (nSPS) is 17.4. The first-order valence-electron chi connectivity index (χ1n) is 8.87. The highest BCUT2D eigenvalue weighted by Gasteiger charge is 2.28. The Labute approximate surface area is 151 Å². The first kappa shape index (κ1) is 16.4. The van der Waals surface area contributed by atoms with Crippen LogP contribution in [-0.4, -0.2) is 53.2 Å². The molecule has 0 saturated carbocycles. The molecule has 1 aliphatic heterocycles. The highest BCUT2D eigenvalue weighted by Crippen LogP contribution is 2.27. The number of hydrogen-bond acceptors (Lipinski definition) is 5. The average molecular weight is 351 g/mol. The smallest absolute Gasteiger partial charge is 0.254 e. The van der Waals surface area contributed by atoms with E-state index in [0.29, 0.717) is 17.9 Å². The van der Waals surface area contributed by atoms with Crippen LogP contribution in [0.15, 0.2) is 43.4 Å². The summed E-state index contributed by atoms with van der Waals surface area (Å²) in [5, 5.41) is 7.57. The quantitative estimate of drug-likeness (QED) is 0.717. The van der Waals surface area contributed by atoms with Gasteiger partial charge in [0.1, 0.15) is 24.3 Å². The van der Waals surface area contributed by atoms with Gasteiger partial charge >= 0.3 is 0 Å². The SMILES string of the molecule is CCn1ccnc1[C@H]1CCCN(C(=O)c2ccnc(-n3cnnc3)c2)C1. The molecule has 8 nitrogen and oxygen atoms in total. The van der Waals surface area contributed by atoms with Crippen molar-refractivity contribution in [1.29, 1.82) is 0 Å². The Hall–Kier alpha value is -3.03. The minimum absolute atomic E-state index is 0.0287. The third-order valence-electron chi connectivity index (χ3n) is 4.84. The van der Waals surface area contributed by atoms with Gasteiger partial charge < -0.3 is 9.47 Å². The maximum atomic E-state index is 13.0. The molecule has 0 aromatic carbocycles. The molecule has 1 fully saturated rings. The summed E-state index contributed by atoms with van der Waals surface area (Å²) < 4.78 is 3.85. The lowest BCUT2D eigenvalue weighted by atomic mass is 9.96. The summed E-state index contributed by atoms with van der Waals surface area (Å²) in [5.41, 5.74) is 0.628. The van der Waals surface area contributed by atoms with Gasteiger partial charge in [0.05, 0.1) is 0 Å². The molecule has 8 heteroatoms. The van der Waals surface area contributed by atoms with Gasteiger partial charge in [-0.25, -0.2) is 9.97 Å². The zero-order valence-corrected chi connectivity index (χ0v) is 14.7. The third kappa shape index (κ3) is 3.10. The zero-order chi connectivity index (χ0) is 17.9. The van der Waals surface area contributed by atoms with E-state index in [2.05, 4.69) is 31.7 Å². The molecule has 0 aliphatic carbocycles. The zero-order valence-electron chi connectivity index (χ0n) is 14.7. The number of pyridine rings is 1. The largest absolute Gasteiger partial charge is 0.338 e. The van der Waals surface area contributed by atoms with E-state index in [0.717, 1.165) is 31.8 Å². The standard InChI is InChI=1S/C18H21N7O/c1-2-23-9-7-20-17(23)15-4-3-8-24(11-15)18(26)14-5-6-19-16(10-14)25-12-21-22-13-25/h5-7,9-10,12-13,15H,2-4,8,11H2,1H3/t15-/m0/s1. The Morgan fingerprint density at radius 1 is 1.23 bits per heavy atom. The number of aryl methyl sites for hydroxylation is 1. The van der Waals surface area contributed by atoms with Crippen LogP contribution in [0.1, 0.15) is 41.9 Å². The fourth-order valence-electron chi connectivity index (χ4n) is 3.51. The number of aromatic nitrogens is 6. The number of likely N-dealkylation sites (tertiary alicyclic amines) is 1. The molecule has 26 heavy (non-hydrogen) atoms. The predicted octanol–water partition coefficient (Wildman–Crippen LogP) is 1.90. The minimum atomic E-state index is 0.0287. The lowest BCUT2D eigenvalue weighted by Gasteiger charge is -2.32. The van der Waals surface area contributed by atoms with E-state index in [1.54, 1.807) is 35.6 Å². The van der Waals surface area contributed by atoms with Crippen LogP contribution < -0.4 is 0 Å². The fourth-order valence-corrected chi connectivity index (χ4v) is 3.51. The molecule has 134 valence electrons. The summed E-state index contributed by atoms with van der Waals surface area (Å²) in [6, 6.07) is 3.54. The lowest BCUT2D eigenvalue weighted by molar-refractivity contribution is 0.0703. The van der Waals surface area contributed by atoms with Crippen molar-refractivity contribution >= 4 is 5.91 Å². The lowest BCUT2D eigenvalue weighted by Crippen LogP contribution is -2.39. The van der Waals surface area contributed by atoms with Crippen LogP contribution in [0.3, 0.4) is 0 Å². The summed E-state index contributed by atoms with van der Waals surface area (Å²) >= 11 is 0. The van der Waals surface area contributed by atoms with Crippen molar-refractivity contribution in [1.82, 2.24) is 34.2 Å². The number of hydrogen-bond donors (Lipinski definition) is 0. The second-order valence-corrected chi connectivity index (χ2v) is 6.43. The molecular formula is C18H21N7O. The molecular weight excluding hydrogens is 330 g/mol. The van der Waals surface area contributed by atoms with E-state index >= 15 is 0 Å². The Bertz CT molecular complexity index is 887. The molecule has 0 unspecified atom stereocenters. The molecule has 1 amide bonds. The molecule has 3 aromatic rings. The Morgan fingerprint density at radius 2 is 2.08 bits per heavy atom. The summed E-state index contributed by atoms with van der Waals surface area (Å²) in [5.74, 6) is 2.02. The summed E-state index contributed by atoms with van der Waals surface area (Å²) in [6.45, 7) is 4.47. The van der Waals surface area contributed by atoms with Gasteiger partial charge in [-0.3, -0.25) is 9.36 Å². The van der Waals surface area contributed by atoms with Gasteiger partial charge in [0.2, 0.25) is 0 Å². The van der Waals surface area contributed by atoms with Crippen LogP contribution in [0.4, 0.5) is 0 Å². The molecule has 1 aliphatic rings. The molecule has 4 heterocycles. The van der Waals surface area contributed by atoms with E-state index in [4.69, 9.17) is 0 Å². The molecule has 0 radical (unpaired) electrons. The number of imidazole rings is 1. The third-order valence-corrected chi connectivity index (χ3v) is 4.84. The van der Waals surface area contributed by atoms with Crippen molar-refractivity contribution in [2.24, 2.45) is 0 Å². The Kier molecular flexibility index (Phi) is 4.47. The van der Waals surface area contributed by atoms with Crippen molar-refractivity contribution in [3.63, 3.8) is 0 Å². The van der Waals surface area contributed by atoms with Crippen LogP contribution in [0.5, 0.6) is 0 Å². The van der Waals surface area contributed by atoms with E-state index in [1.807, 2.05) is 17.3 Å². The average Bonchev–Trinajstić information content (AvgIpc) is 3.39. The minimum Gasteiger partial charge on any atom is -0.338 e. The van der Waals surface area contributed by atoms with Crippen molar-refractivity contribution in [3.8, 4) is 5.82 Å². The van der Waals surface area contributed by atoms with Crippen molar-refractivity contribution in [3.05, 3.63) is 54.8 Å². The first-order valence-corrected chi connectivity index (χ1v) is 8.87. The van der Waals surface area contributed by atoms with Crippen molar-refractivity contribution in [2.75, 3.05) is 13.1 Å². The topological polar surface area (TPSA) is 81.7 Å². The molecule has 1 atom stereocenters. The van der Waals surface area contributed by atoms with E-state index < -0.39 is 0 Å². The second-order valence-electron chi connectivity index (χ2n) is 6.43. The van der Waals surface area contributed by atoms with Crippen LogP contribution in [0, 0.1) is 0 Å². The summed E-state index contributed by atoms with van der Waals surface area (Å²) in [6.07, 6.45) is 10.7.